The van der Waals surface area contributed by atoms with Crippen LogP contribution in [0.1, 0.15) is 71.9 Å². The van der Waals surface area contributed by atoms with Crippen molar-refractivity contribution in [1.29, 1.82) is 0 Å². The van der Waals surface area contributed by atoms with E-state index in [9.17, 15) is 4.79 Å². The van der Waals surface area contributed by atoms with Gasteiger partial charge in [-0.25, -0.2) is 9.78 Å². The maximum absolute atomic E-state index is 12.6. The number of nitrogens with one attached hydrogen (secondary N) is 1. The fraction of sp³-hybridized carbons (Fsp3) is 0.684. The number of carbonyl (C=O) groups excluding carboxylic acids is 1. The van der Waals surface area contributed by atoms with Crippen molar-refractivity contribution in [3.05, 3.63) is 23.9 Å². The molecule has 1 N–H and O–H groups in total. The Morgan fingerprint density at radius 3 is 2.67 bits per heavy atom. The number of hydrogen-bond donors (Lipinski definition) is 1. The summed E-state index contributed by atoms with van der Waals surface area (Å²) in [6.45, 7) is 10.8. The average molecular weight is 333 g/mol. The summed E-state index contributed by atoms with van der Waals surface area (Å²) in [7, 11) is 0. The fourth-order valence-electron chi connectivity index (χ4n) is 2.88. The molecule has 0 aliphatic carbocycles. The number of pyridine rings is 1. The van der Waals surface area contributed by atoms with Crippen molar-refractivity contribution in [2.75, 3.05) is 11.4 Å². The van der Waals surface area contributed by atoms with Crippen LogP contribution in [0.3, 0.4) is 0 Å². The Hall–Kier alpha value is -1.62. The summed E-state index contributed by atoms with van der Waals surface area (Å²) >= 11 is 0. The Morgan fingerprint density at radius 2 is 2.17 bits per heavy atom. The number of rotatable bonds is 4. The minimum atomic E-state index is -0.519. The maximum atomic E-state index is 12.6. The Kier molecular flexibility index (Phi) is 6.21. The molecule has 5 heteroatoms. The lowest BCUT2D eigenvalue weighted by molar-refractivity contribution is 0.0566. The van der Waals surface area contributed by atoms with E-state index in [4.69, 9.17) is 4.74 Å². The summed E-state index contributed by atoms with van der Waals surface area (Å²) in [5.74, 6) is 0.651. The van der Waals surface area contributed by atoms with Crippen LogP contribution in [0.5, 0.6) is 0 Å². The first kappa shape index (κ1) is 18.7. The molecule has 1 aromatic rings. The standard InChI is InChI=1S/C19H31N3O2/c1-6-14(2)22(18(23)24-19(3,4)5)17-11-10-15(13-21-17)16-9-7-8-12-20-16/h10-11,13-14,16,20H,6-9,12H2,1-5H3/t14-,16+/m1/s1. The molecule has 1 amide bonds. The van der Waals surface area contributed by atoms with E-state index in [0.717, 1.165) is 19.4 Å². The zero-order valence-corrected chi connectivity index (χ0v) is 15.6. The van der Waals surface area contributed by atoms with E-state index >= 15 is 0 Å². The number of piperidine rings is 1. The van der Waals surface area contributed by atoms with Crippen molar-refractivity contribution in [2.24, 2.45) is 0 Å². The van der Waals surface area contributed by atoms with E-state index in [1.807, 2.05) is 40.0 Å². The Bertz CT molecular complexity index is 531. The number of carbonyl (C=O) groups is 1. The molecule has 0 bridgehead atoms. The van der Waals surface area contributed by atoms with Crippen LogP contribution in [0, 0.1) is 0 Å². The van der Waals surface area contributed by atoms with Gasteiger partial charge in [0, 0.05) is 18.3 Å². The fourth-order valence-corrected chi connectivity index (χ4v) is 2.88. The van der Waals surface area contributed by atoms with Crippen LogP contribution < -0.4 is 10.2 Å². The predicted octanol–water partition coefficient (Wildman–Crippen LogP) is 4.44. The summed E-state index contributed by atoms with van der Waals surface area (Å²) in [5.41, 5.74) is 0.668. The second-order valence-corrected chi connectivity index (χ2v) is 7.56. The highest BCUT2D eigenvalue weighted by molar-refractivity contribution is 5.87. The van der Waals surface area contributed by atoms with Gasteiger partial charge in [0.25, 0.3) is 0 Å². The van der Waals surface area contributed by atoms with Crippen LogP contribution >= 0.6 is 0 Å². The molecule has 134 valence electrons. The summed E-state index contributed by atoms with van der Waals surface area (Å²) in [6, 6.07) is 4.41. The SMILES string of the molecule is CC[C@@H](C)N(C(=O)OC(C)(C)C)c1ccc([C@@H]2CCCCN2)cn1. The summed E-state index contributed by atoms with van der Waals surface area (Å²) in [6.07, 6.45) is 6.01. The Morgan fingerprint density at radius 1 is 1.42 bits per heavy atom. The van der Waals surface area contributed by atoms with Crippen molar-refractivity contribution in [3.8, 4) is 0 Å². The minimum Gasteiger partial charge on any atom is -0.443 e. The van der Waals surface area contributed by atoms with Gasteiger partial charge in [-0.05, 0) is 65.1 Å². The molecule has 0 unspecified atom stereocenters. The molecule has 1 aromatic heterocycles. The van der Waals surface area contributed by atoms with E-state index in [-0.39, 0.29) is 12.1 Å². The van der Waals surface area contributed by atoms with Crippen LogP contribution in [0.25, 0.3) is 0 Å². The van der Waals surface area contributed by atoms with Crippen LogP contribution in [0.2, 0.25) is 0 Å². The van der Waals surface area contributed by atoms with Crippen molar-refractivity contribution in [3.63, 3.8) is 0 Å². The van der Waals surface area contributed by atoms with Crippen molar-refractivity contribution in [2.45, 2.75) is 78.0 Å². The summed E-state index contributed by atoms with van der Waals surface area (Å²) < 4.78 is 5.56. The third-order valence-electron chi connectivity index (χ3n) is 4.35. The highest BCUT2D eigenvalue weighted by Crippen LogP contribution is 2.25. The highest BCUT2D eigenvalue weighted by Gasteiger charge is 2.27. The summed E-state index contributed by atoms with van der Waals surface area (Å²) in [5, 5.41) is 3.53. The van der Waals surface area contributed by atoms with Gasteiger partial charge in [0.2, 0.25) is 0 Å². The number of amides is 1. The quantitative estimate of drug-likeness (QED) is 0.885. The van der Waals surface area contributed by atoms with Crippen LogP contribution in [-0.4, -0.2) is 29.3 Å². The van der Waals surface area contributed by atoms with Gasteiger partial charge in [0.05, 0.1) is 0 Å². The monoisotopic (exact) mass is 333 g/mol. The van der Waals surface area contributed by atoms with Gasteiger partial charge in [0.1, 0.15) is 11.4 Å². The smallest absolute Gasteiger partial charge is 0.416 e. The lowest BCUT2D eigenvalue weighted by Crippen LogP contribution is -2.42. The zero-order valence-electron chi connectivity index (χ0n) is 15.6. The number of aromatic nitrogens is 1. The molecule has 0 saturated carbocycles. The summed E-state index contributed by atoms with van der Waals surface area (Å²) in [4.78, 5) is 18.8. The van der Waals surface area contributed by atoms with Crippen LogP contribution in [0.15, 0.2) is 18.3 Å². The minimum absolute atomic E-state index is 0.0333. The van der Waals surface area contributed by atoms with Gasteiger partial charge in [-0.3, -0.25) is 4.90 Å². The topological polar surface area (TPSA) is 54.5 Å². The molecule has 1 aliphatic rings. The van der Waals surface area contributed by atoms with Gasteiger partial charge in [-0.2, -0.15) is 0 Å². The number of hydrogen-bond acceptors (Lipinski definition) is 4. The van der Waals surface area contributed by atoms with E-state index in [1.54, 1.807) is 4.90 Å². The van der Waals surface area contributed by atoms with Crippen LogP contribution in [0.4, 0.5) is 10.6 Å². The molecular formula is C19H31N3O2. The molecule has 0 radical (unpaired) electrons. The van der Waals surface area contributed by atoms with E-state index in [1.165, 1.54) is 18.4 Å². The first-order valence-electron chi connectivity index (χ1n) is 9.03. The number of anilines is 1. The molecule has 2 atom stereocenters. The second-order valence-electron chi connectivity index (χ2n) is 7.56. The molecule has 2 rings (SSSR count). The van der Waals surface area contributed by atoms with Crippen molar-refractivity contribution < 1.29 is 9.53 Å². The lowest BCUT2D eigenvalue weighted by Gasteiger charge is -2.31. The third kappa shape index (κ3) is 4.94. The molecule has 2 heterocycles. The maximum Gasteiger partial charge on any atom is 0.416 e. The first-order valence-corrected chi connectivity index (χ1v) is 9.03. The van der Waals surface area contributed by atoms with Gasteiger partial charge in [-0.1, -0.05) is 19.4 Å². The Labute approximate surface area is 145 Å². The normalized spacial score (nSPS) is 19.6. The van der Waals surface area contributed by atoms with E-state index in [0.29, 0.717) is 11.9 Å². The molecule has 0 aromatic carbocycles. The molecule has 1 aliphatic heterocycles. The van der Waals surface area contributed by atoms with Gasteiger partial charge in [-0.15, -0.1) is 0 Å². The molecule has 1 saturated heterocycles. The van der Waals surface area contributed by atoms with Crippen molar-refractivity contribution >= 4 is 11.9 Å². The largest absolute Gasteiger partial charge is 0.443 e. The highest BCUT2D eigenvalue weighted by atomic mass is 16.6. The second kappa shape index (κ2) is 7.97. The molecule has 24 heavy (non-hydrogen) atoms. The molecule has 5 nitrogen and oxygen atoms in total. The van der Waals surface area contributed by atoms with Crippen LogP contribution in [-0.2, 0) is 4.74 Å². The van der Waals surface area contributed by atoms with Gasteiger partial charge >= 0.3 is 6.09 Å². The Balaban J connectivity index is 2.18. The molecular weight excluding hydrogens is 302 g/mol. The third-order valence-corrected chi connectivity index (χ3v) is 4.35. The lowest BCUT2D eigenvalue weighted by atomic mass is 9.99. The van der Waals surface area contributed by atoms with Gasteiger partial charge < -0.3 is 10.1 Å². The first-order chi connectivity index (χ1) is 11.3. The van der Waals surface area contributed by atoms with E-state index in [2.05, 4.69) is 23.3 Å². The molecule has 0 spiro atoms. The van der Waals surface area contributed by atoms with E-state index < -0.39 is 5.60 Å². The number of ether oxygens (including phenoxy) is 1. The predicted molar refractivity (Wildman–Crippen MR) is 97.3 cm³/mol. The number of nitrogens with zero attached hydrogens (tertiary/aromatic N) is 2. The molecule has 1 fully saturated rings. The van der Waals surface area contributed by atoms with Gasteiger partial charge in [0.15, 0.2) is 0 Å². The van der Waals surface area contributed by atoms with Crippen molar-refractivity contribution in [1.82, 2.24) is 10.3 Å². The zero-order chi connectivity index (χ0) is 17.7. The average Bonchev–Trinajstić information content (AvgIpc) is 2.54.